The lowest BCUT2D eigenvalue weighted by Crippen LogP contribution is -1.84. The van der Waals surface area contributed by atoms with Crippen LogP contribution in [0.4, 0.5) is 0 Å². The van der Waals surface area contributed by atoms with Crippen molar-refractivity contribution in [2.45, 2.75) is 0 Å². The maximum Gasteiger partial charge on any atom is 0.214 e. The lowest BCUT2D eigenvalue weighted by atomic mass is 10.3. The minimum absolute atomic E-state index is 0.568. The van der Waals surface area contributed by atoms with Crippen LogP contribution in [0.3, 0.4) is 0 Å². The zero-order valence-corrected chi connectivity index (χ0v) is 5.93. The van der Waals surface area contributed by atoms with E-state index in [0.717, 1.165) is 5.56 Å². The second-order valence-electron chi connectivity index (χ2n) is 2.16. The van der Waals surface area contributed by atoms with Gasteiger partial charge in [-0.05, 0) is 0 Å². The fourth-order valence-corrected chi connectivity index (χ4v) is 0.834. The number of aryl methyl sites for hydroxylation is 1. The van der Waals surface area contributed by atoms with Crippen LogP contribution in [0.15, 0.2) is 23.3 Å². The molecule has 2 heterocycles. The van der Waals surface area contributed by atoms with Gasteiger partial charge in [0.05, 0.1) is 11.8 Å². The van der Waals surface area contributed by atoms with Gasteiger partial charge in [-0.25, -0.2) is 0 Å². The molecule has 2 aromatic rings. The molecule has 0 spiro atoms. The molecule has 0 fully saturated rings. The van der Waals surface area contributed by atoms with E-state index in [0.29, 0.717) is 5.82 Å². The first-order valence-corrected chi connectivity index (χ1v) is 3.11. The molecule has 5 heteroatoms. The summed E-state index contributed by atoms with van der Waals surface area (Å²) in [4.78, 5) is 3.87. The van der Waals surface area contributed by atoms with Crippen LogP contribution in [0, 0.1) is 0 Å². The number of hydrogen-bond acceptors (Lipinski definition) is 4. The molecule has 0 N–H and O–H groups in total. The van der Waals surface area contributed by atoms with Crippen LogP contribution in [0.5, 0.6) is 0 Å². The Kier molecular flexibility index (Phi) is 1.21. The first-order valence-electron chi connectivity index (χ1n) is 3.11. The lowest BCUT2D eigenvalue weighted by molar-refractivity contribution is 0.419. The molecule has 0 radical (unpaired) electrons. The highest BCUT2D eigenvalue weighted by Gasteiger charge is 2.03. The van der Waals surface area contributed by atoms with Gasteiger partial charge in [0, 0.05) is 13.2 Å². The molecule has 0 atom stereocenters. The van der Waals surface area contributed by atoms with Gasteiger partial charge in [-0.2, -0.15) is 10.1 Å². The van der Waals surface area contributed by atoms with E-state index in [2.05, 4.69) is 19.8 Å². The summed E-state index contributed by atoms with van der Waals surface area (Å²) in [6.45, 7) is 0. The molecule has 0 bridgehead atoms. The first-order chi connectivity index (χ1) is 5.36. The zero-order valence-electron chi connectivity index (χ0n) is 5.93. The number of nitrogens with zero attached hydrogens (tertiary/aromatic N) is 4. The Morgan fingerprint density at radius 1 is 1.55 bits per heavy atom. The summed E-state index contributed by atoms with van der Waals surface area (Å²) in [6.07, 6.45) is 4.80. The summed E-state index contributed by atoms with van der Waals surface area (Å²) in [7, 11) is 1.84. The fraction of sp³-hybridized carbons (Fsp3) is 0.167. The standard InChI is InChI=1S/C6H6N4O/c1-10-3-5(2-8-10)6-7-4-11-9-6/h2-4H,1H3. The summed E-state index contributed by atoms with van der Waals surface area (Å²) in [5.74, 6) is 0.568. The monoisotopic (exact) mass is 150 g/mol. The normalized spacial score (nSPS) is 10.3. The molecule has 0 amide bonds. The Morgan fingerprint density at radius 2 is 2.45 bits per heavy atom. The molecule has 2 aromatic heterocycles. The van der Waals surface area contributed by atoms with Gasteiger partial charge in [-0.3, -0.25) is 4.68 Å². The predicted octanol–water partition coefficient (Wildman–Crippen LogP) is 0.470. The minimum Gasteiger partial charge on any atom is -0.342 e. The Balaban J connectivity index is 2.45. The Morgan fingerprint density at radius 3 is 3.00 bits per heavy atom. The van der Waals surface area contributed by atoms with Crippen LogP contribution in [-0.4, -0.2) is 19.9 Å². The first kappa shape index (κ1) is 6.09. The van der Waals surface area contributed by atoms with Gasteiger partial charge in [-0.1, -0.05) is 5.16 Å². The van der Waals surface area contributed by atoms with Crippen LogP contribution < -0.4 is 0 Å². The van der Waals surface area contributed by atoms with E-state index in [1.807, 2.05) is 13.2 Å². The maximum absolute atomic E-state index is 4.58. The van der Waals surface area contributed by atoms with E-state index in [9.17, 15) is 0 Å². The van der Waals surface area contributed by atoms with Crippen LogP contribution in [-0.2, 0) is 7.05 Å². The fourth-order valence-electron chi connectivity index (χ4n) is 0.834. The van der Waals surface area contributed by atoms with Crippen molar-refractivity contribution in [2.24, 2.45) is 7.05 Å². The van der Waals surface area contributed by atoms with Crippen molar-refractivity contribution in [1.82, 2.24) is 19.9 Å². The molecular weight excluding hydrogens is 144 g/mol. The quantitative estimate of drug-likeness (QED) is 0.593. The SMILES string of the molecule is Cn1cc(-c2ncon2)cn1. The van der Waals surface area contributed by atoms with Crippen LogP contribution in [0.1, 0.15) is 0 Å². The Hall–Kier alpha value is -1.65. The Bertz CT molecular complexity index is 337. The van der Waals surface area contributed by atoms with Crippen LogP contribution in [0.2, 0.25) is 0 Å². The van der Waals surface area contributed by atoms with Gasteiger partial charge in [-0.15, -0.1) is 0 Å². The average molecular weight is 150 g/mol. The number of aromatic nitrogens is 4. The zero-order chi connectivity index (χ0) is 7.68. The molecule has 5 nitrogen and oxygen atoms in total. The van der Waals surface area contributed by atoms with Crippen molar-refractivity contribution in [3.8, 4) is 11.4 Å². The van der Waals surface area contributed by atoms with Crippen LogP contribution in [0.25, 0.3) is 11.4 Å². The second-order valence-corrected chi connectivity index (χ2v) is 2.16. The molecule has 0 saturated heterocycles. The molecule has 0 aliphatic rings. The van der Waals surface area contributed by atoms with Gasteiger partial charge in [0.15, 0.2) is 0 Å². The van der Waals surface area contributed by atoms with Gasteiger partial charge in [0.2, 0.25) is 12.2 Å². The third-order valence-electron chi connectivity index (χ3n) is 1.32. The van der Waals surface area contributed by atoms with Gasteiger partial charge in [0.1, 0.15) is 0 Å². The average Bonchev–Trinajstić information content (AvgIpc) is 2.55. The second kappa shape index (κ2) is 2.19. The highest BCUT2D eigenvalue weighted by Crippen LogP contribution is 2.10. The maximum atomic E-state index is 4.58. The largest absolute Gasteiger partial charge is 0.342 e. The van der Waals surface area contributed by atoms with E-state index >= 15 is 0 Å². The summed E-state index contributed by atoms with van der Waals surface area (Å²) >= 11 is 0. The van der Waals surface area contributed by atoms with E-state index in [-0.39, 0.29) is 0 Å². The van der Waals surface area contributed by atoms with Crippen LogP contribution >= 0.6 is 0 Å². The third-order valence-corrected chi connectivity index (χ3v) is 1.32. The summed E-state index contributed by atoms with van der Waals surface area (Å²) in [5.41, 5.74) is 0.862. The van der Waals surface area contributed by atoms with Gasteiger partial charge < -0.3 is 4.52 Å². The number of rotatable bonds is 1. The van der Waals surface area contributed by atoms with E-state index in [1.165, 1.54) is 6.39 Å². The van der Waals surface area contributed by atoms with Crippen molar-refractivity contribution in [3.05, 3.63) is 18.8 Å². The third kappa shape index (κ3) is 1.000. The molecule has 0 aromatic carbocycles. The topological polar surface area (TPSA) is 56.7 Å². The van der Waals surface area contributed by atoms with E-state index in [4.69, 9.17) is 0 Å². The highest BCUT2D eigenvalue weighted by atomic mass is 16.5. The Labute approximate surface area is 62.6 Å². The molecule has 11 heavy (non-hydrogen) atoms. The predicted molar refractivity (Wildman–Crippen MR) is 36.5 cm³/mol. The van der Waals surface area contributed by atoms with Gasteiger partial charge >= 0.3 is 0 Å². The van der Waals surface area contributed by atoms with Crippen molar-refractivity contribution in [3.63, 3.8) is 0 Å². The molecule has 2 rings (SSSR count). The van der Waals surface area contributed by atoms with Crippen molar-refractivity contribution < 1.29 is 4.52 Å². The van der Waals surface area contributed by atoms with Crippen molar-refractivity contribution >= 4 is 0 Å². The van der Waals surface area contributed by atoms with E-state index < -0.39 is 0 Å². The molecule has 0 aliphatic heterocycles. The summed E-state index contributed by atoms with van der Waals surface area (Å²) < 4.78 is 6.27. The lowest BCUT2D eigenvalue weighted by Gasteiger charge is -1.82. The van der Waals surface area contributed by atoms with Crippen molar-refractivity contribution in [1.29, 1.82) is 0 Å². The molecule has 0 unspecified atom stereocenters. The van der Waals surface area contributed by atoms with E-state index in [1.54, 1.807) is 10.9 Å². The number of hydrogen-bond donors (Lipinski definition) is 0. The summed E-state index contributed by atoms with van der Waals surface area (Å²) in [6, 6.07) is 0. The molecule has 0 aliphatic carbocycles. The summed E-state index contributed by atoms with van der Waals surface area (Å²) in [5, 5.41) is 7.63. The van der Waals surface area contributed by atoms with Crippen molar-refractivity contribution in [2.75, 3.05) is 0 Å². The van der Waals surface area contributed by atoms with Gasteiger partial charge in [0.25, 0.3) is 0 Å². The highest BCUT2D eigenvalue weighted by molar-refractivity contribution is 5.50. The molecule has 56 valence electrons. The minimum atomic E-state index is 0.568. The smallest absolute Gasteiger partial charge is 0.214 e. The molecule has 0 saturated carbocycles. The molecular formula is C6H6N4O.